The molecule has 2 aromatic rings. The van der Waals surface area contributed by atoms with Crippen LogP contribution in [-0.2, 0) is 14.3 Å². The Morgan fingerprint density at radius 3 is 2.17 bits per heavy atom. The Bertz CT molecular complexity index is 1060. The van der Waals surface area contributed by atoms with Crippen molar-refractivity contribution in [2.75, 3.05) is 19.7 Å². The molecular formula is C26H28F2N2O5. The minimum Gasteiger partial charge on any atom is -0.481 e. The molecule has 1 saturated carbocycles. The minimum atomic E-state index is -3.19. The van der Waals surface area contributed by atoms with Gasteiger partial charge in [-0.2, -0.15) is 0 Å². The summed E-state index contributed by atoms with van der Waals surface area (Å²) in [5.74, 6) is -7.75. The topological polar surface area (TPSA) is 105 Å². The highest BCUT2D eigenvalue weighted by Gasteiger charge is 2.71. The van der Waals surface area contributed by atoms with Gasteiger partial charge in [0.2, 0.25) is 5.91 Å². The maximum Gasteiger partial charge on any atom is 0.407 e. The lowest BCUT2D eigenvalue weighted by atomic mass is 9.98. The maximum atomic E-state index is 14.1. The molecule has 2 aromatic carbocycles. The first kappa shape index (κ1) is 24.6. The van der Waals surface area contributed by atoms with Crippen LogP contribution in [0.5, 0.6) is 0 Å². The number of alkyl carbamates (subject to hydrolysis) is 1. The van der Waals surface area contributed by atoms with Crippen LogP contribution in [0.3, 0.4) is 0 Å². The van der Waals surface area contributed by atoms with Gasteiger partial charge in [-0.25, -0.2) is 13.6 Å². The number of carboxylic acid groups (broad SMARTS) is 1. The second kappa shape index (κ2) is 10.4. The van der Waals surface area contributed by atoms with Crippen molar-refractivity contribution >= 4 is 18.0 Å². The van der Waals surface area contributed by atoms with Gasteiger partial charge in [0.1, 0.15) is 12.5 Å². The Morgan fingerprint density at radius 2 is 1.54 bits per heavy atom. The fraction of sp³-hybridized carbons (Fsp3) is 0.423. The summed E-state index contributed by atoms with van der Waals surface area (Å²) >= 11 is 0. The third-order valence-electron chi connectivity index (χ3n) is 6.66. The van der Waals surface area contributed by atoms with Gasteiger partial charge in [-0.3, -0.25) is 9.59 Å². The molecule has 0 saturated heterocycles. The molecule has 35 heavy (non-hydrogen) atoms. The number of rotatable bonds is 11. The van der Waals surface area contributed by atoms with Crippen molar-refractivity contribution in [1.82, 2.24) is 10.6 Å². The molecule has 1 fully saturated rings. The largest absolute Gasteiger partial charge is 0.481 e. The molecule has 0 unspecified atom stereocenters. The van der Waals surface area contributed by atoms with E-state index in [-0.39, 0.29) is 32.0 Å². The summed E-state index contributed by atoms with van der Waals surface area (Å²) in [4.78, 5) is 34.8. The van der Waals surface area contributed by atoms with E-state index in [1.165, 1.54) is 0 Å². The van der Waals surface area contributed by atoms with Gasteiger partial charge in [-0.1, -0.05) is 55.0 Å². The lowest BCUT2D eigenvalue weighted by molar-refractivity contribution is -0.137. The number of carbonyl (C=O) groups is 3. The lowest BCUT2D eigenvalue weighted by Gasteiger charge is -2.14. The van der Waals surface area contributed by atoms with Crippen LogP contribution in [0.2, 0.25) is 0 Å². The number of alkyl halides is 2. The fourth-order valence-corrected chi connectivity index (χ4v) is 4.74. The molecule has 0 radical (unpaired) electrons. The van der Waals surface area contributed by atoms with Crippen molar-refractivity contribution < 1.29 is 33.0 Å². The zero-order chi connectivity index (χ0) is 25.0. The van der Waals surface area contributed by atoms with E-state index in [1.807, 2.05) is 48.5 Å². The van der Waals surface area contributed by atoms with E-state index in [1.54, 1.807) is 0 Å². The highest BCUT2D eigenvalue weighted by molar-refractivity contribution is 5.84. The monoisotopic (exact) mass is 486 g/mol. The molecule has 4 rings (SSSR count). The van der Waals surface area contributed by atoms with Gasteiger partial charge in [0.05, 0.1) is 5.92 Å². The van der Waals surface area contributed by atoms with Crippen LogP contribution in [0.15, 0.2) is 48.5 Å². The zero-order valence-electron chi connectivity index (χ0n) is 19.1. The van der Waals surface area contributed by atoms with E-state index in [0.29, 0.717) is 19.3 Å². The number of carboxylic acids is 1. The number of unbranched alkanes of at least 4 members (excludes halogenated alkanes) is 2. The smallest absolute Gasteiger partial charge is 0.407 e. The summed E-state index contributed by atoms with van der Waals surface area (Å²) in [6, 6.07) is 15.8. The Labute approximate surface area is 201 Å². The first-order valence-corrected chi connectivity index (χ1v) is 11.8. The molecule has 9 heteroatoms. The minimum absolute atomic E-state index is 0.0399. The quantitative estimate of drug-likeness (QED) is 0.414. The van der Waals surface area contributed by atoms with Crippen molar-refractivity contribution in [2.45, 2.75) is 37.5 Å². The average molecular weight is 487 g/mol. The van der Waals surface area contributed by atoms with Gasteiger partial charge in [0.15, 0.2) is 0 Å². The predicted molar refractivity (Wildman–Crippen MR) is 124 cm³/mol. The summed E-state index contributed by atoms with van der Waals surface area (Å²) < 4.78 is 33.6. The molecule has 7 nitrogen and oxygen atoms in total. The Morgan fingerprint density at radius 1 is 0.914 bits per heavy atom. The second-order valence-corrected chi connectivity index (χ2v) is 8.96. The highest BCUT2D eigenvalue weighted by Crippen LogP contribution is 2.55. The van der Waals surface area contributed by atoms with Crippen LogP contribution >= 0.6 is 0 Å². The van der Waals surface area contributed by atoms with Crippen LogP contribution in [0, 0.1) is 11.8 Å². The normalized spacial score (nSPS) is 19.4. The van der Waals surface area contributed by atoms with Gasteiger partial charge in [0.25, 0.3) is 5.92 Å². The number of halogens is 2. The van der Waals surface area contributed by atoms with E-state index in [9.17, 15) is 23.2 Å². The van der Waals surface area contributed by atoms with Gasteiger partial charge < -0.3 is 20.5 Å². The molecule has 2 atom stereocenters. The number of hydrogen-bond donors (Lipinski definition) is 3. The molecule has 2 aliphatic carbocycles. The van der Waals surface area contributed by atoms with Crippen LogP contribution in [0.4, 0.5) is 13.6 Å². The number of fused-ring (bicyclic) bond motifs is 3. The molecule has 0 aromatic heterocycles. The Kier molecular flexibility index (Phi) is 7.33. The summed E-state index contributed by atoms with van der Waals surface area (Å²) in [5.41, 5.74) is 4.28. The second-order valence-electron chi connectivity index (χ2n) is 8.96. The molecule has 2 amide bonds. The number of amides is 2. The standard InChI is InChI=1S/C26H28F2N2O5/c27-26(28)21(23(26)24(33)29-13-7-1-2-12-22(31)32)14-30-25(34)35-15-20-18-10-5-3-8-16(18)17-9-4-6-11-19(17)20/h3-6,8-11,20-21,23H,1-2,7,12-15H2,(H,29,33)(H,30,34)(H,31,32)/t21-,23-/m0/s1. The number of nitrogens with one attached hydrogen (secondary N) is 2. The molecule has 186 valence electrons. The molecule has 0 aliphatic heterocycles. The first-order valence-electron chi connectivity index (χ1n) is 11.8. The molecular weight excluding hydrogens is 458 g/mol. The summed E-state index contributed by atoms with van der Waals surface area (Å²) in [5, 5.41) is 13.4. The van der Waals surface area contributed by atoms with Crippen molar-refractivity contribution in [2.24, 2.45) is 11.8 Å². The molecule has 3 N–H and O–H groups in total. The van der Waals surface area contributed by atoms with Gasteiger partial charge in [-0.05, 0) is 35.1 Å². The zero-order valence-corrected chi connectivity index (χ0v) is 19.1. The predicted octanol–water partition coefficient (Wildman–Crippen LogP) is 4.17. The number of ether oxygens (including phenoxy) is 1. The van der Waals surface area contributed by atoms with Crippen LogP contribution in [-0.4, -0.2) is 48.7 Å². The van der Waals surface area contributed by atoms with Crippen LogP contribution in [0.25, 0.3) is 11.1 Å². The molecule has 0 heterocycles. The third-order valence-corrected chi connectivity index (χ3v) is 6.66. The lowest BCUT2D eigenvalue weighted by Crippen LogP contribution is -2.30. The highest BCUT2D eigenvalue weighted by atomic mass is 19.3. The van der Waals surface area contributed by atoms with E-state index < -0.39 is 35.7 Å². The maximum absolute atomic E-state index is 14.1. The summed E-state index contributed by atoms with van der Waals surface area (Å²) in [7, 11) is 0. The average Bonchev–Trinajstić information content (AvgIpc) is 3.24. The van der Waals surface area contributed by atoms with Crippen molar-refractivity contribution in [3.05, 3.63) is 59.7 Å². The van der Waals surface area contributed by atoms with E-state index in [2.05, 4.69) is 10.6 Å². The molecule has 0 bridgehead atoms. The Hall–Kier alpha value is -3.49. The van der Waals surface area contributed by atoms with Crippen molar-refractivity contribution in [1.29, 1.82) is 0 Å². The van der Waals surface area contributed by atoms with Gasteiger partial charge in [-0.15, -0.1) is 0 Å². The van der Waals surface area contributed by atoms with Crippen LogP contribution in [0.1, 0.15) is 42.7 Å². The number of hydrogen-bond acceptors (Lipinski definition) is 4. The number of benzene rings is 2. The number of carbonyl (C=O) groups excluding carboxylic acids is 2. The van der Waals surface area contributed by atoms with Gasteiger partial charge >= 0.3 is 12.1 Å². The first-order chi connectivity index (χ1) is 16.8. The third kappa shape index (κ3) is 5.44. The Balaban J connectivity index is 1.21. The summed E-state index contributed by atoms with van der Waals surface area (Å²) in [6.07, 6.45) is 0.808. The summed E-state index contributed by atoms with van der Waals surface area (Å²) in [6.45, 7) is -0.0787. The van der Waals surface area contributed by atoms with Crippen LogP contribution < -0.4 is 10.6 Å². The molecule has 2 aliphatic rings. The van der Waals surface area contributed by atoms with Gasteiger partial charge in [0, 0.05) is 25.4 Å². The van der Waals surface area contributed by atoms with E-state index in [0.717, 1.165) is 22.3 Å². The van der Waals surface area contributed by atoms with Crippen molar-refractivity contribution in [3.8, 4) is 11.1 Å². The number of aliphatic carboxylic acids is 1. The van der Waals surface area contributed by atoms with E-state index >= 15 is 0 Å². The fourth-order valence-electron chi connectivity index (χ4n) is 4.74. The SMILES string of the molecule is O=C(O)CCCCCNC(=O)[C@@H]1[C@H](CNC(=O)OCC2c3ccccc3-c3ccccc32)C1(F)F. The van der Waals surface area contributed by atoms with E-state index in [4.69, 9.17) is 9.84 Å². The molecule has 0 spiro atoms. The van der Waals surface area contributed by atoms with Crippen molar-refractivity contribution in [3.63, 3.8) is 0 Å².